The smallest absolute Gasteiger partial charge is 0.235 e. The van der Waals surface area contributed by atoms with E-state index in [4.69, 9.17) is 0 Å². The predicted octanol–water partition coefficient (Wildman–Crippen LogP) is 0.424. The van der Waals surface area contributed by atoms with Crippen LogP contribution in [-0.4, -0.2) is 33.1 Å². The zero-order valence-corrected chi connectivity index (χ0v) is 8.59. The summed E-state index contributed by atoms with van der Waals surface area (Å²) in [6.45, 7) is 0.917. The third-order valence-electron chi connectivity index (χ3n) is 2.07. The highest BCUT2D eigenvalue weighted by Crippen LogP contribution is 2.01. The Morgan fingerprint density at radius 2 is 2.33 bits per heavy atom. The second kappa shape index (κ2) is 4.65. The Morgan fingerprint density at radius 1 is 1.40 bits per heavy atom. The van der Waals surface area contributed by atoms with Crippen LogP contribution in [0.1, 0.15) is 5.69 Å². The van der Waals surface area contributed by atoms with E-state index in [0.717, 1.165) is 18.7 Å². The van der Waals surface area contributed by atoms with E-state index in [1.807, 2.05) is 19.3 Å². The van der Waals surface area contributed by atoms with E-state index < -0.39 is 0 Å². The summed E-state index contributed by atoms with van der Waals surface area (Å²) in [5.41, 5.74) is 1.03. The first-order valence-electron chi connectivity index (χ1n) is 4.85. The molecule has 5 heteroatoms. The molecule has 0 spiro atoms. The van der Waals surface area contributed by atoms with Gasteiger partial charge in [-0.05, 0) is 13.1 Å². The van der Waals surface area contributed by atoms with Crippen LogP contribution < -0.4 is 5.32 Å². The van der Waals surface area contributed by atoms with E-state index in [2.05, 4.69) is 20.3 Å². The van der Waals surface area contributed by atoms with Gasteiger partial charge < -0.3 is 5.32 Å². The minimum atomic E-state index is 0.668. The molecular weight excluding hydrogens is 190 g/mol. The third kappa shape index (κ3) is 2.38. The summed E-state index contributed by atoms with van der Waals surface area (Å²) in [5.74, 6) is 0.668. The Hall–Kier alpha value is -1.75. The van der Waals surface area contributed by atoms with Crippen molar-refractivity contribution in [1.29, 1.82) is 0 Å². The maximum Gasteiger partial charge on any atom is 0.235 e. The summed E-state index contributed by atoms with van der Waals surface area (Å²) in [7, 11) is 1.93. The molecule has 0 aliphatic rings. The van der Waals surface area contributed by atoms with Crippen molar-refractivity contribution in [3.8, 4) is 5.95 Å². The lowest BCUT2D eigenvalue weighted by atomic mass is 10.3. The molecular formula is C10H13N5. The number of imidazole rings is 1. The molecule has 0 atom stereocenters. The van der Waals surface area contributed by atoms with Gasteiger partial charge in [0.25, 0.3) is 0 Å². The summed E-state index contributed by atoms with van der Waals surface area (Å²) in [6.07, 6.45) is 7.91. The average Bonchev–Trinajstić information content (AvgIpc) is 2.80. The van der Waals surface area contributed by atoms with Crippen molar-refractivity contribution in [2.45, 2.75) is 6.42 Å². The van der Waals surface area contributed by atoms with Crippen LogP contribution >= 0.6 is 0 Å². The molecule has 0 aromatic carbocycles. The van der Waals surface area contributed by atoms with Crippen LogP contribution in [0.4, 0.5) is 0 Å². The lowest BCUT2D eigenvalue weighted by Crippen LogP contribution is -2.12. The summed E-state index contributed by atoms with van der Waals surface area (Å²) in [4.78, 5) is 12.6. The van der Waals surface area contributed by atoms with Gasteiger partial charge >= 0.3 is 0 Å². The molecule has 0 aliphatic carbocycles. The minimum absolute atomic E-state index is 0.668. The number of rotatable bonds is 4. The van der Waals surface area contributed by atoms with Crippen LogP contribution in [0, 0.1) is 0 Å². The van der Waals surface area contributed by atoms with Crippen molar-refractivity contribution < 1.29 is 0 Å². The molecule has 2 aromatic rings. The molecule has 0 saturated heterocycles. The fourth-order valence-corrected chi connectivity index (χ4v) is 1.28. The van der Waals surface area contributed by atoms with Gasteiger partial charge in [0.05, 0.1) is 0 Å². The fourth-order valence-electron chi connectivity index (χ4n) is 1.28. The molecule has 2 aromatic heterocycles. The van der Waals surface area contributed by atoms with Gasteiger partial charge in [-0.3, -0.25) is 4.57 Å². The lowest BCUT2D eigenvalue weighted by Gasteiger charge is -2.03. The zero-order chi connectivity index (χ0) is 10.5. The minimum Gasteiger partial charge on any atom is -0.319 e. The summed E-state index contributed by atoms with van der Waals surface area (Å²) >= 11 is 0. The van der Waals surface area contributed by atoms with Crippen molar-refractivity contribution in [1.82, 2.24) is 24.8 Å². The van der Waals surface area contributed by atoms with Gasteiger partial charge in [-0.2, -0.15) is 0 Å². The molecule has 0 radical (unpaired) electrons. The normalized spacial score (nSPS) is 10.5. The third-order valence-corrected chi connectivity index (χ3v) is 2.07. The molecule has 78 valence electrons. The van der Waals surface area contributed by atoms with E-state index >= 15 is 0 Å². The summed E-state index contributed by atoms with van der Waals surface area (Å²) in [6, 6.07) is 1.93. The zero-order valence-electron chi connectivity index (χ0n) is 8.59. The molecule has 0 fully saturated rings. The number of likely N-dealkylation sites (N-methyl/N-ethyl adjacent to an activating group) is 1. The van der Waals surface area contributed by atoms with Gasteiger partial charge in [-0.25, -0.2) is 15.0 Å². The van der Waals surface area contributed by atoms with Crippen LogP contribution in [0.15, 0.2) is 31.0 Å². The Kier molecular flexibility index (Phi) is 3.04. The van der Waals surface area contributed by atoms with Gasteiger partial charge in [0.1, 0.15) is 6.33 Å². The number of nitrogens with one attached hydrogen (secondary N) is 1. The van der Waals surface area contributed by atoms with E-state index in [1.165, 1.54) is 0 Å². The van der Waals surface area contributed by atoms with Gasteiger partial charge in [0.2, 0.25) is 5.95 Å². The molecule has 0 amide bonds. The van der Waals surface area contributed by atoms with Crippen LogP contribution in [0.3, 0.4) is 0 Å². The molecule has 5 nitrogen and oxygen atoms in total. The van der Waals surface area contributed by atoms with Crippen molar-refractivity contribution in [2.75, 3.05) is 13.6 Å². The fraction of sp³-hybridized carbons (Fsp3) is 0.300. The van der Waals surface area contributed by atoms with Crippen molar-refractivity contribution in [3.63, 3.8) is 0 Å². The number of hydrogen-bond acceptors (Lipinski definition) is 4. The van der Waals surface area contributed by atoms with Crippen LogP contribution in [0.5, 0.6) is 0 Å². The van der Waals surface area contributed by atoms with Crippen LogP contribution in [0.25, 0.3) is 5.95 Å². The SMILES string of the molecule is CNCCc1ccnc(-n2ccnc2)n1. The second-order valence-electron chi connectivity index (χ2n) is 3.17. The maximum atomic E-state index is 4.42. The average molecular weight is 203 g/mol. The first-order valence-corrected chi connectivity index (χ1v) is 4.85. The van der Waals surface area contributed by atoms with Crippen molar-refractivity contribution >= 4 is 0 Å². The molecule has 0 unspecified atom stereocenters. The number of nitrogens with zero attached hydrogens (tertiary/aromatic N) is 4. The Bertz CT molecular complexity index is 410. The van der Waals surface area contributed by atoms with Crippen molar-refractivity contribution in [2.24, 2.45) is 0 Å². The highest BCUT2D eigenvalue weighted by Gasteiger charge is 2.00. The first-order chi connectivity index (χ1) is 7.40. The lowest BCUT2D eigenvalue weighted by molar-refractivity contribution is 0.766. The summed E-state index contributed by atoms with van der Waals surface area (Å²) in [5, 5.41) is 3.09. The van der Waals surface area contributed by atoms with E-state index in [9.17, 15) is 0 Å². The Balaban J connectivity index is 2.19. The maximum absolute atomic E-state index is 4.42. The number of aromatic nitrogens is 4. The number of hydrogen-bond donors (Lipinski definition) is 1. The van der Waals surface area contributed by atoms with E-state index in [0.29, 0.717) is 5.95 Å². The summed E-state index contributed by atoms with van der Waals surface area (Å²) < 4.78 is 1.79. The van der Waals surface area contributed by atoms with Crippen LogP contribution in [-0.2, 0) is 6.42 Å². The molecule has 1 N–H and O–H groups in total. The molecule has 0 aliphatic heterocycles. The van der Waals surface area contributed by atoms with Gasteiger partial charge in [-0.1, -0.05) is 0 Å². The first kappa shape index (κ1) is 9.79. The topological polar surface area (TPSA) is 55.6 Å². The molecule has 0 saturated carbocycles. The molecule has 2 heterocycles. The predicted molar refractivity (Wildman–Crippen MR) is 56.8 cm³/mol. The quantitative estimate of drug-likeness (QED) is 0.782. The van der Waals surface area contributed by atoms with Crippen molar-refractivity contribution in [3.05, 3.63) is 36.7 Å². The van der Waals surface area contributed by atoms with Crippen LogP contribution in [0.2, 0.25) is 0 Å². The largest absolute Gasteiger partial charge is 0.319 e. The van der Waals surface area contributed by atoms with E-state index in [1.54, 1.807) is 23.3 Å². The standard InChI is InChI=1S/C10H13N5/c1-11-4-2-9-3-5-13-10(14-9)15-7-6-12-8-15/h3,5-8,11H,2,4H2,1H3. The molecule has 2 rings (SSSR count). The highest BCUT2D eigenvalue weighted by atomic mass is 15.2. The Morgan fingerprint density at radius 3 is 3.07 bits per heavy atom. The molecule has 15 heavy (non-hydrogen) atoms. The molecule has 0 bridgehead atoms. The van der Waals surface area contributed by atoms with Gasteiger partial charge in [0, 0.05) is 37.3 Å². The monoisotopic (exact) mass is 203 g/mol. The van der Waals surface area contributed by atoms with Gasteiger partial charge in [0.15, 0.2) is 0 Å². The highest BCUT2D eigenvalue weighted by molar-refractivity contribution is 5.14. The van der Waals surface area contributed by atoms with E-state index in [-0.39, 0.29) is 0 Å². The second-order valence-corrected chi connectivity index (χ2v) is 3.17. The Labute approximate surface area is 88.2 Å². The van der Waals surface area contributed by atoms with Gasteiger partial charge in [-0.15, -0.1) is 0 Å².